The molecule has 1 fully saturated rings. The van der Waals surface area contributed by atoms with Crippen LogP contribution in [0.3, 0.4) is 0 Å². The maximum Gasteiger partial charge on any atom is 0.236 e. The summed E-state index contributed by atoms with van der Waals surface area (Å²) in [7, 11) is 0. The number of rotatable bonds is 5. The molecular weight excluding hydrogens is 190 g/mol. The van der Waals surface area contributed by atoms with Gasteiger partial charge in [-0.1, -0.05) is 6.42 Å². The lowest BCUT2D eigenvalue weighted by Crippen LogP contribution is -2.48. The number of likely N-dealkylation sites (N-methyl/N-ethyl adjacent to an activating group) is 1. The summed E-state index contributed by atoms with van der Waals surface area (Å²) < 4.78 is 0. The van der Waals surface area contributed by atoms with Crippen molar-refractivity contribution in [2.45, 2.75) is 45.2 Å². The molecule has 1 heterocycles. The van der Waals surface area contributed by atoms with Gasteiger partial charge in [0.2, 0.25) is 5.91 Å². The molecule has 4 heteroatoms. The molecule has 0 aromatic heterocycles. The van der Waals surface area contributed by atoms with Gasteiger partial charge in [-0.2, -0.15) is 0 Å². The summed E-state index contributed by atoms with van der Waals surface area (Å²) in [5.74, 6) is 0.0910. The van der Waals surface area contributed by atoms with E-state index >= 15 is 0 Å². The van der Waals surface area contributed by atoms with Crippen LogP contribution in [0.25, 0.3) is 0 Å². The van der Waals surface area contributed by atoms with Crippen LogP contribution in [0, 0.1) is 0 Å². The average molecular weight is 213 g/mol. The van der Waals surface area contributed by atoms with Crippen LogP contribution in [-0.2, 0) is 4.79 Å². The van der Waals surface area contributed by atoms with Crippen LogP contribution in [0.2, 0.25) is 0 Å². The highest BCUT2D eigenvalue weighted by Crippen LogP contribution is 2.05. The van der Waals surface area contributed by atoms with Gasteiger partial charge in [-0.25, -0.2) is 0 Å². The molecule has 1 amide bonds. The van der Waals surface area contributed by atoms with Crippen molar-refractivity contribution in [1.82, 2.24) is 16.0 Å². The van der Waals surface area contributed by atoms with Gasteiger partial charge in [0.25, 0.3) is 0 Å². The van der Waals surface area contributed by atoms with Crippen LogP contribution >= 0.6 is 0 Å². The first-order chi connectivity index (χ1) is 7.24. The molecule has 0 radical (unpaired) electrons. The third-order valence-corrected chi connectivity index (χ3v) is 2.83. The fraction of sp³-hybridized carbons (Fsp3) is 0.909. The van der Waals surface area contributed by atoms with E-state index < -0.39 is 0 Å². The largest absolute Gasteiger partial charge is 0.355 e. The first-order valence-electron chi connectivity index (χ1n) is 5.98. The zero-order chi connectivity index (χ0) is 11.1. The van der Waals surface area contributed by atoms with E-state index in [-0.39, 0.29) is 11.9 Å². The Kier molecular flexibility index (Phi) is 5.65. The number of hydrogen-bond donors (Lipinski definition) is 3. The number of nitrogens with one attached hydrogen (secondary N) is 3. The van der Waals surface area contributed by atoms with E-state index in [0.29, 0.717) is 12.6 Å². The maximum absolute atomic E-state index is 11.4. The van der Waals surface area contributed by atoms with Crippen LogP contribution in [-0.4, -0.2) is 37.6 Å². The number of carbonyl (C=O) groups excluding carboxylic acids is 1. The van der Waals surface area contributed by atoms with Gasteiger partial charge in [0.05, 0.1) is 6.04 Å². The molecule has 0 aromatic rings. The van der Waals surface area contributed by atoms with E-state index in [9.17, 15) is 4.79 Å². The lowest BCUT2D eigenvalue weighted by Gasteiger charge is -2.25. The second-order valence-electron chi connectivity index (χ2n) is 4.17. The molecule has 0 spiro atoms. The fourth-order valence-electron chi connectivity index (χ4n) is 1.84. The minimum atomic E-state index is -0.0892. The normalized spacial score (nSPS) is 23.5. The summed E-state index contributed by atoms with van der Waals surface area (Å²) in [6.07, 6.45) is 3.80. The van der Waals surface area contributed by atoms with Crippen molar-refractivity contribution < 1.29 is 4.79 Å². The van der Waals surface area contributed by atoms with Crippen LogP contribution in [0.15, 0.2) is 0 Å². The van der Waals surface area contributed by atoms with Gasteiger partial charge >= 0.3 is 0 Å². The molecule has 1 rings (SSSR count). The van der Waals surface area contributed by atoms with Crippen molar-refractivity contribution in [2.75, 3.05) is 19.6 Å². The quantitative estimate of drug-likeness (QED) is 0.613. The van der Waals surface area contributed by atoms with Crippen LogP contribution in [0.1, 0.15) is 33.1 Å². The first kappa shape index (κ1) is 12.5. The highest BCUT2D eigenvalue weighted by atomic mass is 16.2. The van der Waals surface area contributed by atoms with Gasteiger partial charge in [0, 0.05) is 19.1 Å². The molecular formula is C11H23N3O. The van der Waals surface area contributed by atoms with E-state index in [1.54, 1.807) is 0 Å². The van der Waals surface area contributed by atoms with Gasteiger partial charge in [-0.15, -0.1) is 0 Å². The second-order valence-corrected chi connectivity index (χ2v) is 4.17. The number of piperidine rings is 1. The molecule has 4 nitrogen and oxygen atoms in total. The first-order valence-corrected chi connectivity index (χ1v) is 5.98. The second kappa shape index (κ2) is 6.80. The Balaban J connectivity index is 2.14. The van der Waals surface area contributed by atoms with Gasteiger partial charge < -0.3 is 16.0 Å². The molecule has 1 aliphatic heterocycles. The lowest BCUT2D eigenvalue weighted by atomic mass is 10.0. The Morgan fingerprint density at radius 2 is 2.33 bits per heavy atom. The van der Waals surface area contributed by atoms with Gasteiger partial charge in [-0.3, -0.25) is 4.79 Å². The molecule has 0 bridgehead atoms. The van der Waals surface area contributed by atoms with E-state index in [1.165, 1.54) is 19.3 Å². The number of hydrogen-bond acceptors (Lipinski definition) is 3. The molecule has 15 heavy (non-hydrogen) atoms. The van der Waals surface area contributed by atoms with Crippen molar-refractivity contribution in [3.8, 4) is 0 Å². The molecule has 1 aliphatic rings. The van der Waals surface area contributed by atoms with Gasteiger partial charge in [-0.05, 0) is 33.2 Å². The summed E-state index contributed by atoms with van der Waals surface area (Å²) in [5.41, 5.74) is 0. The number of carbonyl (C=O) groups is 1. The summed E-state index contributed by atoms with van der Waals surface area (Å²) in [4.78, 5) is 11.4. The smallest absolute Gasteiger partial charge is 0.236 e. The molecule has 0 saturated carbocycles. The zero-order valence-corrected chi connectivity index (χ0v) is 9.81. The average Bonchev–Trinajstić information content (AvgIpc) is 2.27. The summed E-state index contributed by atoms with van der Waals surface area (Å²) in [5, 5.41) is 9.52. The Morgan fingerprint density at radius 3 is 2.93 bits per heavy atom. The van der Waals surface area contributed by atoms with Crippen LogP contribution in [0.5, 0.6) is 0 Å². The highest BCUT2D eigenvalue weighted by Gasteiger charge is 2.15. The highest BCUT2D eigenvalue weighted by molar-refractivity contribution is 5.81. The Bertz CT molecular complexity index is 190. The fourth-order valence-corrected chi connectivity index (χ4v) is 1.84. The topological polar surface area (TPSA) is 53.2 Å². The van der Waals surface area contributed by atoms with E-state index in [2.05, 4.69) is 16.0 Å². The van der Waals surface area contributed by atoms with E-state index in [1.807, 2.05) is 13.8 Å². The van der Waals surface area contributed by atoms with E-state index in [0.717, 1.165) is 13.1 Å². The van der Waals surface area contributed by atoms with Crippen LogP contribution in [0.4, 0.5) is 0 Å². The Morgan fingerprint density at radius 1 is 1.53 bits per heavy atom. The predicted molar refractivity (Wildman–Crippen MR) is 61.8 cm³/mol. The molecule has 3 N–H and O–H groups in total. The third kappa shape index (κ3) is 4.62. The summed E-state index contributed by atoms with van der Waals surface area (Å²) >= 11 is 0. The van der Waals surface area contributed by atoms with Crippen molar-refractivity contribution in [1.29, 1.82) is 0 Å². The minimum absolute atomic E-state index is 0.0892. The van der Waals surface area contributed by atoms with Crippen molar-refractivity contribution >= 4 is 5.91 Å². The lowest BCUT2D eigenvalue weighted by molar-refractivity contribution is -0.122. The predicted octanol–water partition coefficient (Wildman–Crippen LogP) is 0.243. The van der Waals surface area contributed by atoms with Gasteiger partial charge in [0.15, 0.2) is 0 Å². The monoisotopic (exact) mass is 213 g/mol. The zero-order valence-electron chi connectivity index (χ0n) is 9.81. The van der Waals surface area contributed by atoms with Crippen molar-refractivity contribution in [3.05, 3.63) is 0 Å². The van der Waals surface area contributed by atoms with Crippen LogP contribution < -0.4 is 16.0 Å². The Hall–Kier alpha value is -0.610. The summed E-state index contributed by atoms with van der Waals surface area (Å²) in [6.45, 7) is 6.55. The van der Waals surface area contributed by atoms with Crippen molar-refractivity contribution in [2.24, 2.45) is 0 Å². The maximum atomic E-state index is 11.4. The van der Waals surface area contributed by atoms with Crippen molar-refractivity contribution in [3.63, 3.8) is 0 Å². The Labute approximate surface area is 92.2 Å². The van der Waals surface area contributed by atoms with E-state index in [4.69, 9.17) is 0 Å². The minimum Gasteiger partial charge on any atom is -0.355 e. The third-order valence-electron chi connectivity index (χ3n) is 2.83. The molecule has 88 valence electrons. The molecule has 2 unspecified atom stereocenters. The SMILES string of the molecule is CCNC(=O)C(C)NCC1CCCCN1. The molecule has 0 aliphatic carbocycles. The standard InChI is InChI=1S/C11H23N3O/c1-3-12-11(15)9(2)14-8-10-6-4-5-7-13-10/h9-10,13-14H,3-8H2,1-2H3,(H,12,15). The number of amides is 1. The molecule has 0 aromatic carbocycles. The summed E-state index contributed by atoms with van der Waals surface area (Å²) in [6, 6.07) is 0.448. The molecule has 1 saturated heterocycles. The molecule has 2 atom stereocenters. The van der Waals surface area contributed by atoms with Gasteiger partial charge in [0.1, 0.15) is 0 Å².